The fourth-order valence-electron chi connectivity index (χ4n) is 2.18. The van der Waals surface area contributed by atoms with Crippen molar-refractivity contribution in [3.63, 3.8) is 0 Å². The SMILES string of the molecule is S=C(NCc1ccccc1)N/N=C/c1c[nH]c2ccccc12. The van der Waals surface area contributed by atoms with Gasteiger partial charge in [-0.15, -0.1) is 0 Å². The number of aromatic amines is 1. The number of aromatic nitrogens is 1. The summed E-state index contributed by atoms with van der Waals surface area (Å²) < 4.78 is 0. The van der Waals surface area contributed by atoms with E-state index in [4.69, 9.17) is 12.2 Å². The minimum atomic E-state index is 0.500. The highest BCUT2D eigenvalue weighted by Crippen LogP contribution is 2.15. The van der Waals surface area contributed by atoms with Crippen LogP contribution >= 0.6 is 12.2 Å². The van der Waals surface area contributed by atoms with E-state index >= 15 is 0 Å². The zero-order valence-corrected chi connectivity index (χ0v) is 12.7. The fraction of sp³-hybridized carbons (Fsp3) is 0.0588. The Morgan fingerprint density at radius 1 is 1.09 bits per heavy atom. The molecule has 22 heavy (non-hydrogen) atoms. The van der Waals surface area contributed by atoms with Crippen LogP contribution in [0.2, 0.25) is 0 Å². The highest BCUT2D eigenvalue weighted by molar-refractivity contribution is 7.80. The van der Waals surface area contributed by atoms with Crippen LogP contribution in [0.1, 0.15) is 11.1 Å². The Hall–Kier alpha value is -2.66. The van der Waals surface area contributed by atoms with Gasteiger partial charge in [-0.1, -0.05) is 48.5 Å². The van der Waals surface area contributed by atoms with Gasteiger partial charge in [-0.05, 0) is 23.8 Å². The van der Waals surface area contributed by atoms with Crippen molar-refractivity contribution in [2.75, 3.05) is 0 Å². The molecule has 0 radical (unpaired) electrons. The molecule has 0 aliphatic carbocycles. The third-order valence-electron chi connectivity index (χ3n) is 3.29. The molecule has 0 amide bonds. The second kappa shape index (κ2) is 6.87. The van der Waals surface area contributed by atoms with Gasteiger partial charge < -0.3 is 10.3 Å². The number of rotatable bonds is 4. The first kappa shape index (κ1) is 14.3. The summed E-state index contributed by atoms with van der Waals surface area (Å²) >= 11 is 5.20. The summed E-state index contributed by atoms with van der Waals surface area (Å²) in [5.74, 6) is 0. The van der Waals surface area contributed by atoms with E-state index in [9.17, 15) is 0 Å². The van der Waals surface area contributed by atoms with Crippen LogP contribution in [-0.4, -0.2) is 16.3 Å². The first-order valence-electron chi connectivity index (χ1n) is 7.00. The third kappa shape index (κ3) is 3.51. The Labute approximate surface area is 134 Å². The van der Waals surface area contributed by atoms with Crippen molar-refractivity contribution in [3.05, 3.63) is 71.9 Å². The summed E-state index contributed by atoms with van der Waals surface area (Å²) in [4.78, 5) is 3.21. The molecule has 0 saturated carbocycles. The standard InChI is InChI=1S/C17H16N4S/c22-17(19-10-13-6-2-1-3-7-13)21-20-12-14-11-18-16-9-5-4-8-15(14)16/h1-9,11-12,18H,10H2,(H2,19,21,22)/b20-12+. The van der Waals surface area contributed by atoms with E-state index in [1.54, 1.807) is 6.21 Å². The second-order valence-corrected chi connectivity index (χ2v) is 5.24. The van der Waals surface area contributed by atoms with Gasteiger partial charge in [-0.25, -0.2) is 0 Å². The number of hydrogen-bond acceptors (Lipinski definition) is 2. The lowest BCUT2D eigenvalue weighted by molar-refractivity contribution is 0.869. The molecule has 0 unspecified atom stereocenters. The summed E-state index contributed by atoms with van der Waals surface area (Å²) in [6, 6.07) is 18.2. The smallest absolute Gasteiger partial charge is 0.187 e. The minimum absolute atomic E-state index is 0.500. The van der Waals surface area contributed by atoms with Crippen molar-refractivity contribution in [2.24, 2.45) is 5.10 Å². The van der Waals surface area contributed by atoms with Gasteiger partial charge in [0.25, 0.3) is 0 Å². The first-order valence-corrected chi connectivity index (χ1v) is 7.41. The van der Waals surface area contributed by atoms with Crippen molar-refractivity contribution in [3.8, 4) is 0 Å². The predicted octanol–water partition coefficient (Wildman–Crippen LogP) is 3.17. The molecule has 1 aromatic heterocycles. The topological polar surface area (TPSA) is 52.2 Å². The van der Waals surface area contributed by atoms with E-state index < -0.39 is 0 Å². The van der Waals surface area contributed by atoms with Crippen LogP contribution in [0.15, 0.2) is 65.9 Å². The molecule has 0 bridgehead atoms. The molecule has 0 fully saturated rings. The lowest BCUT2D eigenvalue weighted by Gasteiger charge is -2.06. The molecular formula is C17H16N4S. The number of para-hydroxylation sites is 1. The molecule has 110 valence electrons. The van der Waals surface area contributed by atoms with E-state index in [-0.39, 0.29) is 0 Å². The van der Waals surface area contributed by atoms with E-state index in [2.05, 4.69) is 26.9 Å². The summed E-state index contributed by atoms with van der Waals surface area (Å²) in [6.07, 6.45) is 3.69. The highest BCUT2D eigenvalue weighted by atomic mass is 32.1. The second-order valence-electron chi connectivity index (χ2n) is 4.83. The van der Waals surface area contributed by atoms with E-state index in [0.717, 1.165) is 16.5 Å². The average Bonchev–Trinajstić information content (AvgIpc) is 2.97. The number of hydrazone groups is 1. The first-order chi connectivity index (χ1) is 10.8. The number of hydrogen-bond donors (Lipinski definition) is 3. The average molecular weight is 308 g/mol. The van der Waals surface area contributed by atoms with Crippen LogP contribution in [0.3, 0.4) is 0 Å². The molecule has 5 heteroatoms. The monoisotopic (exact) mass is 308 g/mol. The van der Waals surface area contributed by atoms with Crippen LogP contribution in [0.4, 0.5) is 0 Å². The summed E-state index contributed by atoms with van der Waals surface area (Å²) in [5.41, 5.74) is 6.12. The Balaban J connectivity index is 1.54. The van der Waals surface area contributed by atoms with Crippen LogP contribution in [0, 0.1) is 0 Å². The van der Waals surface area contributed by atoms with Crippen molar-refractivity contribution in [1.82, 2.24) is 15.7 Å². The number of thiocarbonyl (C=S) groups is 1. The molecule has 0 aliphatic rings. The van der Waals surface area contributed by atoms with Crippen LogP contribution < -0.4 is 10.7 Å². The Morgan fingerprint density at radius 3 is 2.73 bits per heavy atom. The van der Waals surface area contributed by atoms with Gasteiger partial charge in [0, 0.05) is 29.2 Å². The number of benzene rings is 2. The lowest BCUT2D eigenvalue weighted by Crippen LogP contribution is -2.31. The molecule has 1 heterocycles. The Kier molecular flexibility index (Phi) is 4.46. The van der Waals surface area contributed by atoms with Crippen molar-refractivity contribution < 1.29 is 0 Å². The number of nitrogens with one attached hydrogen (secondary N) is 3. The fourth-order valence-corrected chi connectivity index (χ4v) is 2.30. The molecule has 0 spiro atoms. The molecule has 3 rings (SSSR count). The highest BCUT2D eigenvalue weighted by Gasteiger charge is 1.99. The van der Waals surface area contributed by atoms with E-state index in [0.29, 0.717) is 11.7 Å². The lowest BCUT2D eigenvalue weighted by atomic mass is 10.2. The van der Waals surface area contributed by atoms with Gasteiger partial charge in [-0.2, -0.15) is 5.10 Å². The van der Waals surface area contributed by atoms with Crippen LogP contribution in [0.5, 0.6) is 0 Å². The van der Waals surface area contributed by atoms with Gasteiger partial charge in [-0.3, -0.25) is 5.43 Å². The van der Waals surface area contributed by atoms with Crippen molar-refractivity contribution in [1.29, 1.82) is 0 Å². The number of H-pyrrole nitrogens is 1. The molecule has 0 saturated heterocycles. The van der Waals surface area contributed by atoms with Crippen molar-refractivity contribution >= 4 is 34.4 Å². The van der Waals surface area contributed by atoms with Gasteiger partial charge in [0.15, 0.2) is 5.11 Å². The molecular weight excluding hydrogens is 292 g/mol. The summed E-state index contributed by atoms with van der Waals surface area (Å²) in [6.45, 7) is 0.676. The molecule has 2 aromatic carbocycles. The number of fused-ring (bicyclic) bond motifs is 1. The van der Waals surface area contributed by atoms with Gasteiger partial charge >= 0.3 is 0 Å². The van der Waals surface area contributed by atoms with E-state index in [1.165, 1.54) is 5.56 Å². The Morgan fingerprint density at radius 2 is 1.86 bits per heavy atom. The molecule has 3 aromatic rings. The summed E-state index contributed by atoms with van der Waals surface area (Å²) in [7, 11) is 0. The summed E-state index contributed by atoms with van der Waals surface area (Å²) in [5, 5.41) is 8.93. The van der Waals surface area contributed by atoms with Gasteiger partial charge in [0.2, 0.25) is 0 Å². The molecule has 4 nitrogen and oxygen atoms in total. The Bertz CT molecular complexity index is 793. The normalized spacial score (nSPS) is 10.9. The minimum Gasteiger partial charge on any atom is -0.361 e. The largest absolute Gasteiger partial charge is 0.361 e. The zero-order valence-electron chi connectivity index (χ0n) is 11.9. The van der Waals surface area contributed by atoms with Crippen LogP contribution in [-0.2, 0) is 6.54 Å². The van der Waals surface area contributed by atoms with E-state index in [1.807, 2.05) is 54.7 Å². The predicted molar refractivity (Wildman–Crippen MR) is 94.9 cm³/mol. The molecule has 0 aliphatic heterocycles. The molecule has 0 atom stereocenters. The zero-order chi connectivity index (χ0) is 15.2. The maximum absolute atomic E-state index is 5.20. The van der Waals surface area contributed by atoms with Gasteiger partial charge in [0.05, 0.1) is 6.21 Å². The van der Waals surface area contributed by atoms with Crippen LogP contribution in [0.25, 0.3) is 10.9 Å². The maximum atomic E-state index is 5.20. The third-order valence-corrected chi connectivity index (χ3v) is 3.52. The van der Waals surface area contributed by atoms with Gasteiger partial charge in [0.1, 0.15) is 0 Å². The maximum Gasteiger partial charge on any atom is 0.187 e. The quantitative estimate of drug-likeness (QED) is 0.394. The molecule has 3 N–H and O–H groups in total. The van der Waals surface area contributed by atoms with Crippen molar-refractivity contribution in [2.45, 2.75) is 6.54 Å². The number of nitrogens with zero attached hydrogens (tertiary/aromatic N) is 1.